The van der Waals surface area contributed by atoms with Crippen molar-refractivity contribution in [2.45, 2.75) is 65.8 Å². The van der Waals surface area contributed by atoms with Crippen molar-refractivity contribution >= 4 is 25.9 Å². The van der Waals surface area contributed by atoms with E-state index in [2.05, 4.69) is 47.7 Å². The molecule has 108 valence electrons. The van der Waals surface area contributed by atoms with Crippen molar-refractivity contribution in [3.63, 3.8) is 0 Å². The zero-order valence-corrected chi connectivity index (χ0v) is 15.1. The van der Waals surface area contributed by atoms with Gasteiger partial charge >= 0.3 is 0 Å². The molecule has 0 bridgehead atoms. The first-order chi connectivity index (χ1) is 8.03. The number of Topliss-reactive ketones (excluding diaryl/α,β-unsaturated/α-hetero) is 1. The highest BCUT2D eigenvalue weighted by Crippen LogP contribution is 2.38. The van der Waals surface area contributed by atoms with Crippen LogP contribution in [0.4, 0.5) is 0 Å². The predicted octanol–water partition coefficient (Wildman–Crippen LogP) is 4.36. The highest BCUT2D eigenvalue weighted by atomic mass is 32.2. The van der Waals surface area contributed by atoms with Crippen LogP contribution in [0.15, 0.2) is 0 Å². The van der Waals surface area contributed by atoms with Gasteiger partial charge in [0.2, 0.25) is 0 Å². The quantitative estimate of drug-likeness (QED) is 0.652. The Bertz CT molecular complexity index is 271. The zero-order chi connectivity index (χ0) is 14.6. The standard InChI is InChI=1S/C14H30O2SSi/c1-9-17-10-13(11(2)15)12(3)16-18(7,8)14(4,5)6/h12-13H,9-10H2,1-8H3/t12-,13-/m1/s1. The van der Waals surface area contributed by atoms with E-state index in [-0.39, 0.29) is 22.8 Å². The van der Waals surface area contributed by atoms with E-state index < -0.39 is 8.32 Å². The maximum absolute atomic E-state index is 11.7. The molecule has 4 heteroatoms. The molecule has 0 aromatic heterocycles. The van der Waals surface area contributed by atoms with Crippen molar-refractivity contribution < 1.29 is 9.22 Å². The minimum absolute atomic E-state index is 0.0300. The second-order valence-electron chi connectivity index (χ2n) is 6.46. The molecule has 0 radical (unpaired) electrons. The van der Waals surface area contributed by atoms with Crippen molar-refractivity contribution in [2.75, 3.05) is 11.5 Å². The Morgan fingerprint density at radius 3 is 2.17 bits per heavy atom. The van der Waals surface area contributed by atoms with Crippen LogP contribution in [0.3, 0.4) is 0 Å². The van der Waals surface area contributed by atoms with Gasteiger partial charge < -0.3 is 4.43 Å². The molecule has 18 heavy (non-hydrogen) atoms. The highest BCUT2D eigenvalue weighted by molar-refractivity contribution is 7.99. The van der Waals surface area contributed by atoms with Gasteiger partial charge in [-0.1, -0.05) is 27.7 Å². The van der Waals surface area contributed by atoms with Crippen LogP contribution < -0.4 is 0 Å². The SMILES string of the molecule is CCSC[C@H](C(C)=O)[C@@H](C)O[Si](C)(C)C(C)(C)C. The smallest absolute Gasteiger partial charge is 0.192 e. The fourth-order valence-corrected chi connectivity index (χ4v) is 3.99. The first-order valence-corrected chi connectivity index (χ1v) is 10.8. The summed E-state index contributed by atoms with van der Waals surface area (Å²) < 4.78 is 6.33. The monoisotopic (exact) mass is 290 g/mol. The molecular formula is C14H30O2SSi. The summed E-state index contributed by atoms with van der Waals surface area (Å²) in [5.41, 5.74) is 0. The molecular weight excluding hydrogens is 260 g/mol. The third kappa shape index (κ3) is 5.45. The average molecular weight is 291 g/mol. The van der Waals surface area contributed by atoms with Crippen molar-refractivity contribution in [1.29, 1.82) is 0 Å². The summed E-state index contributed by atoms with van der Waals surface area (Å²) in [6.07, 6.45) is 0.0300. The van der Waals surface area contributed by atoms with E-state index in [1.165, 1.54) is 0 Å². The molecule has 0 spiro atoms. The molecule has 0 aliphatic rings. The fraction of sp³-hybridized carbons (Fsp3) is 0.929. The summed E-state index contributed by atoms with van der Waals surface area (Å²) in [6.45, 7) is 17.1. The highest BCUT2D eigenvalue weighted by Gasteiger charge is 2.40. The van der Waals surface area contributed by atoms with Crippen LogP contribution in [-0.4, -0.2) is 31.7 Å². The zero-order valence-electron chi connectivity index (χ0n) is 13.3. The van der Waals surface area contributed by atoms with Gasteiger partial charge in [0, 0.05) is 5.75 Å². The lowest BCUT2D eigenvalue weighted by Gasteiger charge is -2.40. The summed E-state index contributed by atoms with van der Waals surface area (Å²) in [4.78, 5) is 11.7. The molecule has 0 heterocycles. The molecule has 0 aromatic carbocycles. The van der Waals surface area contributed by atoms with E-state index in [1.54, 1.807) is 6.92 Å². The maximum atomic E-state index is 11.7. The Morgan fingerprint density at radius 1 is 1.33 bits per heavy atom. The summed E-state index contributed by atoms with van der Waals surface area (Å²) >= 11 is 1.82. The lowest BCUT2D eigenvalue weighted by Crippen LogP contribution is -2.46. The lowest BCUT2D eigenvalue weighted by atomic mass is 10.0. The predicted molar refractivity (Wildman–Crippen MR) is 84.9 cm³/mol. The minimum atomic E-state index is -1.78. The van der Waals surface area contributed by atoms with Gasteiger partial charge in [-0.15, -0.1) is 0 Å². The summed E-state index contributed by atoms with van der Waals surface area (Å²) in [7, 11) is -1.78. The van der Waals surface area contributed by atoms with Gasteiger partial charge in [0.25, 0.3) is 0 Å². The van der Waals surface area contributed by atoms with E-state index in [4.69, 9.17) is 4.43 Å². The molecule has 0 N–H and O–H groups in total. The molecule has 0 aliphatic carbocycles. The fourth-order valence-electron chi connectivity index (χ4n) is 1.55. The molecule has 2 atom stereocenters. The van der Waals surface area contributed by atoms with Gasteiger partial charge in [-0.2, -0.15) is 11.8 Å². The summed E-state index contributed by atoms with van der Waals surface area (Å²) in [6, 6.07) is 0. The Labute approximate surface area is 118 Å². The van der Waals surface area contributed by atoms with Gasteiger partial charge in [0.05, 0.1) is 12.0 Å². The van der Waals surface area contributed by atoms with Crippen molar-refractivity contribution in [2.24, 2.45) is 5.92 Å². The molecule has 0 aromatic rings. The molecule has 0 fully saturated rings. The van der Waals surface area contributed by atoms with E-state index in [1.807, 2.05) is 11.8 Å². The summed E-state index contributed by atoms with van der Waals surface area (Å²) in [5.74, 6) is 2.21. The first kappa shape index (κ1) is 18.2. The van der Waals surface area contributed by atoms with E-state index in [9.17, 15) is 4.79 Å². The van der Waals surface area contributed by atoms with Crippen LogP contribution in [0.5, 0.6) is 0 Å². The number of carbonyl (C=O) groups is 1. The number of thioether (sulfide) groups is 1. The van der Waals surface area contributed by atoms with Gasteiger partial charge in [-0.3, -0.25) is 4.79 Å². The normalized spacial score (nSPS) is 16.4. The van der Waals surface area contributed by atoms with Gasteiger partial charge in [-0.05, 0) is 37.7 Å². The van der Waals surface area contributed by atoms with Crippen LogP contribution in [0.2, 0.25) is 18.1 Å². The first-order valence-electron chi connectivity index (χ1n) is 6.79. The Hall–Kier alpha value is 0.197. The number of rotatable bonds is 7. The van der Waals surface area contributed by atoms with E-state index >= 15 is 0 Å². The largest absolute Gasteiger partial charge is 0.413 e. The van der Waals surface area contributed by atoms with Gasteiger partial charge in [0.1, 0.15) is 5.78 Å². The third-order valence-corrected chi connectivity index (χ3v) is 9.45. The molecule has 2 nitrogen and oxygen atoms in total. The number of carbonyl (C=O) groups excluding carboxylic acids is 1. The molecule has 0 aliphatic heterocycles. The molecule has 0 saturated carbocycles. The average Bonchev–Trinajstić information content (AvgIpc) is 2.14. The molecule has 0 amide bonds. The van der Waals surface area contributed by atoms with Crippen LogP contribution in [0, 0.1) is 5.92 Å². The number of hydrogen-bond donors (Lipinski definition) is 0. The van der Waals surface area contributed by atoms with Gasteiger partial charge in [-0.25, -0.2) is 0 Å². The Morgan fingerprint density at radius 2 is 1.83 bits per heavy atom. The third-order valence-electron chi connectivity index (χ3n) is 3.88. The molecule has 0 unspecified atom stereocenters. The summed E-state index contributed by atoms with van der Waals surface area (Å²) in [5, 5.41) is 0.195. The molecule has 0 saturated heterocycles. The van der Waals surface area contributed by atoms with Crippen molar-refractivity contribution in [3.8, 4) is 0 Å². The van der Waals surface area contributed by atoms with E-state index in [0.717, 1.165) is 11.5 Å². The van der Waals surface area contributed by atoms with Crippen LogP contribution >= 0.6 is 11.8 Å². The maximum Gasteiger partial charge on any atom is 0.192 e. The van der Waals surface area contributed by atoms with E-state index in [0.29, 0.717) is 0 Å². The second kappa shape index (κ2) is 7.11. The second-order valence-corrected chi connectivity index (χ2v) is 12.5. The molecule has 0 rings (SSSR count). The van der Waals surface area contributed by atoms with Crippen LogP contribution in [0.25, 0.3) is 0 Å². The number of hydrogen-bond acceptors (Lipinski definition) is 3. The minimum Gasteiger partial charge on any atom is -0.413 e. The Balaban J connectivity index is 4.70. The van der Waals surface area contributed by atoms with Crippen molar-refractivity contribution in [3.05, 3.63) is 0 Å². The number of ketones is 1. The van der Waals surface area contributed by atoms with Crippen molar-refractivity contribution in [1.82, 2.24) is 0 Å². The Kier molecular flexibility index (Phi) is 7.18. The van der Waals surface area contributed by atoms with Gasteiger partial charge in [0.15, 0.2) is 8.32 Å². The topological polar surface area (TPSA) is 26.3 Å². The van der Waals surface area contributed by atoms with Crippen LogP contribution in [0.1, 0.15) is 41.5 Å². The lowest BCUT2D eigenvalue weighted by molar-refractivity contribution is -0.122. The van der Waals surface area contributed by atoms with Crippen LogP contribution in [-0.2, 0) is 9.22 Å².